The van der Waals surface area contributed by atoms with Gasteiger partial charge in [0.25, 0.3) is 0 Å². The van der Waals surface area contributed by atoms with Crippen LogP contribution in [-0.2, 0) is 17.4 Å². The molecule has 1 atom stereocenters. The van der Waals surface area contributed by atoms with Crippen LogP contribution in [-0.4, -0.2) is 54.1 Å². The summed E-state index contributed by atoms with van der Waals surface area (Å²) >= 11 is 0. The van der Waals surface area contributed by atoms with Crippen LogP contribution in [0.25, 0.3) is 0 Å². The molecule has 2 N–H and O–H groups in total. The number of anilines is 1. The Hall–Kier alpha value is -3.54. The van der Waals surface area contributed by atoms with E-state index < -0.39 is 11.0 Å². The number of hydrogen-bond acceptors (Lipinski definition) is 6. The molecule has 1 saturated carbocycles. The van der Waals surface area contributed by atoms with E-state index in [1.807, 2.05) is 57.6 Å². The molecule has 2 aliphatic rings. The average Bonchev–Trinajstić information content (AvgIpc) is 3.79. The molecule has 0 saturated heterocycles. The summed E-state index contributed by atoms with van der Waals surface area (Å²) in [5.74, 6) is 0. The lowest BCUT2D eigenvalue weighted by molar-refractivity contribution is 0.470. The number of rotatable bonds is 8. The lowest BCUT2D eigenvalue weighted by Gasteiger charge is -2.22. The minimum atomic E-state index is -1.10. The zero-order chi connectivity index (χ0) is 26.3. The number of benzene rings is 2. The SMILES string of the molecule is C#C.CC=N/C(C)=C\Cc1ccc(S(=O)NC)cc1.CNc1cccc(C2=NN=CN(C3CC3)C2)c1. The standard InChI is InChI=1S/C13H16N4.C13H18N2OS.C2H2/c1-14-11-4-2-3-10(7-11)13-8-17(9-15-16-13)12-5-6-12;1-4-15-11(2)5-6-12-7-9-13(10-8-12)17(16)14-3;1-2/h2-4,7,9,12,14H,5-6,8H2,1H3;4-5,7-10,14H,6H2,1-3H3;1-2H/b;11-5-,15-4?;. The van der Waals surface area contributed by atoms with Gasteiger partial charge in [-0.15, -0.1) is 17.9 Å². The van der Waals surface area contributed by atoms with Crippen LogP contribution in [0.1, 0.15) is 37.8 Å². The molecule has 4 rings (SSSR count). The first-order chi connectivity index (χ1) is 17.5. The highest BCUT2D eigenvalue weighted by molar-refractivity contribution is 7.83. The Labute approximate surface area is 218 Å². The van der Waals surface area contributed by atoms with Gasteiger partial charge >= 0.3 is 0 Å². The molecule has 36 heavy (non-hydrogen) atoms. The summed E-state index contributed by atoms with van der Waals surface area (Å²) in [4.78, 5) is 7.26. The first-order valence-electron chi connectivity index (χ1n) is 11.8. The van der Waals surface area contributed by atoms with Crippen LogP contribution >= 0.6 is 0 Å². The van der Waals surface area contributed by atoms with Crippen molar-refractivity contribution in [1.29, 1.82) is 0 Å². The van der Waals surface area contributed by atoms with Crippen molar-refractivity contribution >= 4 is 34.9 Å². The van der Waals surface area contributed by atoms with Crippen molar-refractivity contribution in [1.82, 2.24) is 9.62 Å². The van der Waals surface area contributed by atoms with E-state index in [0.717, 1.165) is 40.5 Å². The first kappa shape index (κ1) is 28.7. The zero-order valence-electron chi connectivity index (χ0n) is 21.5. The summed E-state index contributed by atoms with van der Waals surface area (Å²) in [6.45, 7) is 4.75. The second kappa shape index (κ2) is 15.5. The van der Waals surface area contributed by atoms with Gasteiger partial charge in [-0.05, 0) is 70.0 Å². The lowest BCUT2D eigenvalue weighted by Crippen LogP contribution is -2.33. The minimum Gasteiger partial charge on any atom is -0.388 e. The number of nitrogens with zero attached hydrogens (tertiary/aromatic N) is 4. The van der Waals surface area contributed by atoms with Gasteiger partial charge in [0, 0.05) is 36.3 Å². The molecule has 2 aromatic rings. The van der Waals surface area contributed by atoms with Gasteiger partial charge in [0.1, 0.15) is 17.3 Å². The second-order valence-electron chi connectivity index (χ2n) is 8.07. The monoisotopic (exact) mass is 504 g/mol. The zero-order valence-corrected chi connectivity index (χ0v) is 22.3. The van der Waals surface area contributed by atoms with Crippen LogP contribution in [0.3, 0.4) is 0 Å². The maximum absolute atomic E-state index is 11.4. The van der Waals surface area contributed by atoms with Gasteiger partial charge in [-0.25, -0.2) is 8.93 Å². The molecule has 0 spiro atoms. The molecule has 1 heterocycles. The van der Waals surface area contributed by atoms with E-state index in [-0.39, 0.29) is 0 Å². The molecule has 0 aromatic heterocycles. The molecule has 2 aromatic carbocycles. The van der Waals surface area contributed by atoms with Crippen molar-refractivity contribution in [3.63, 3.8) is 0 Å². The third-order valence-corrected chi connectivity index (χ3v) is 6.57. The van der Waals surface area contributed by atoms with Crippen molar-refractivity contribution in [3.05, 3.63) is 71.4 Å². The summed E-state index contributed by atoms with van der Waals surface area (Å²) < 4.78 is 14.2. The molecule has 0 radical (unpaired) electrons. The van der Waals surface area contributed by atoms with Crippen LogP contribution in [0.5, 0.6) is 0 Å². The fourth-order valence-corrected chi connectivity index (χ4v) is 4.05. The summed E-state index contributed by atoms with van der Waals surface area (Å²) in [7, 11) is 2.50. The molecule has 0 amide bonds. The van der Waals surface area contributed by atoms with Crippen LogP contribution in [0.2, 0.25) is 0 Å². The van der Waals surface area contributed by atoms with E-state index in [2.05, 4.69) is 67.3 Å². The molecule has 7 nitrogen and oxygen atoms in total. The van der Waals surface area contributed by atoms with Crippen LogP contribution in [0, 0.1) is 12.8 Å². The Morgan fingerprint density at radius 3 is 2.53 bits per heavy atom. The molecular formula is C28H36N6OS. The summed E-state index contributed by atoms with van der Waals surface area (Å²) in [6, 6.07) is 16.7. The Morgan fingerprint density at radius 2 is 1.92 bits per heavy atom. The number of terminal acetylenes is 1. The van der Waals surface area contributed by atoms with Gasteiger partial charge < -0.3 is 10.2 Å². The van der Waals surface area contributed by atoms with E-state index in [1.165, 1.54) is 18.4 Å². The Morgan fingerprint density at radius 1 is 1.19 bits per heavy atom. The Balaban J connectivity index is 0.000000237. The van der Waals surface area contributed by atoms with Gasteiger partial charge in [0.15, 0.2) is 0 Å². The fraction of sp³-hybridized carbons (Fsp3) is 0.321. The van der Waals surface area contributed by atoms with Crippen molar-refractivity contribution in [2.75, 3.05) is 26.0 Å². The molecule has 1 aliphatic heterocycles. The van der Waals surface area contributed by atoms with Crippen LogP contribution in [0.4, 0.5) is 5.69 Å². The molecule has 1 aliphatic carbocycles. The molecular weight excluding hydrogens is 468 g/mol. The van der Waals surface area contributed by atoms with Gasteiger partial charge in [0.05, 0.1) is 17.2 Å². The van der Waals surface area contributed by atoms with Crippen molar-refractivity contribution < 1.29 is 4.21 Å². The molecule has 8 heteroatoms. The smallest absolute Gasteiger partial charge is 0.124 e. The quantitative estimate of drug-likeness (QED) is 0.405. The van der Waals surface area contributed by atoms with Gasteiger partial charge in [-0.3, -0.25) is 4.99 Å². The van der Waals surface area contributed by atoms with Crippen molar-refractivity contribution in [3.8, 4) is 12.8 Å². The maximum Gasteiger partial charge on any atom is 0.124 e. The third kappa shape index (κ3) is 9.25. The molecule has 0 bridgehead atoms. The lowest BCUT2D eigenvalue weighted by atomic mass is 10.1. The Bertz CT molecular complexity index is 1130. The highest BCUT2D eigenvalue weighted by Gasteiger charge is 2.29. The van der Waals surface area contributed by atoms with Crippen LogP contribution in [0.15, 0.2) is 80.4 Å². The van der Waals surface area contributed by atoms with E-state index in [4.69, 9.17) is 0 Å². The number of hydrogen-bond donors (Lipinski definition) is 2. The average molecular weight is 505 g/mol. The highest BCUT2D eigenvalue weighted by Crippen LogP contribution is 2.27. The van der Waals surface area contributed by atoms with E-state index in [0.29, 0.717) is 6.04 Å². The maximum atomic E-state index is 11.4. The number of allylic oxidation sites excluding steroid dienone is 2. The molecule has 190 valence electrons. The van der Waals surface area contributed by atoms with Crippen LogP contribution < -0.4 is 10.0 Å². The van der Waals surface area contributed by atoms with Gasteiger partial charge in [0.2, 0.25) is 0 Å². The molecule has 1 unspecified atom stereocenters. The van der Waals surface area contributed by atoms with E-state index in [1.54, 1.807) is 13.3 Å². The summed E-state index contributed by atoms with van der Waals surface area (Å²) in [6.07, 6.45) is 17.1. The van der Waals surface area contributed by atoms with Crippen molar-refractivity contribution in [2.24, 2.45) is 15.2 Å². The van der Waals surface area contributed by atoms with Crippen molar-refractivity contribution in [2.45, 2.75) is 44.0 Å². The van der Waals surface area contributed by atoms with E-state index in [9.17, 15) is 4.21 Å². The largest absolute Gasteiger partial charge is 0.388 e. The molecule has 1 fully saturated rings. The first-order valence-corrected chi connectivity index (χ1v) is 13.0. The summed E-state index contributed by atoms with van der Waals surface area (Å²) in [5.41, 5.74) is 5.51. The van der Waals surface area contributed by atoms with E-state index >= 15 is 0 Å². The number of nitrogens with one attached hydrogen (secondary N) is 2. The number of aliphatic imine (C=N–C) groups is 1. The normalized spacial score (nSPS) is 15.8. The second-order valence-corrected chi connectivity index (χ2v) is 9.48. The highest BCUT2D eigenvalue weighted by atomic mass is 32.2. The van der Waals surface area contributed by atoms with Gasteiger partial charge in [-0.1, -0.05) is 30.3 Å². The Kier molecular flexibility index (Phi) is 12.3. The minimum absolute atomic E-state index is 0.691. The fourth-order valence-electron chi connectivity index (χ4n) is 3.43. The summed E-state index contributed by atoms with van der Waals surface area (Å²) in [5, 5.41) is 11.5. The predicted molar refractivity (Wildman–Crippen MR) is 154 cm³/mol. The topological polar surface area (TPSA) is 81.4 Å². The van der Waals surface area contributed by atoms with Gasteiger partial charge in [-0.2, -0.15) is 5.10 Å². The predicted octanol–water partition coefficient (Wildman–Crippen LogP) is 4.65. The third-order valence-electron chi connectivity index (χ3n) is 5.50.